The lowest BCUT2D eigenvalue weighted by Gasteiger charge is -2.16. The molecule has 4 rings (SSSR count). The van der Waals surface area contributed by atoms with Crippen LogP contribution < -0.4 is 14.4 Å². The number of hydrogen-bond donors (Lipinski definition) is 0. The molecule has 1 fully saturated rings. The van der Waals surface area contributed by atoms with Gasteiger partial charge in [-0.2, -0.15) is 0 Å². The molecule has 1 saturated heterocycles. The zero-order valence-corrected chi connectivity index (χ0v) is 19.3. The van der Waals surface area contributed by atoms with Crippen molar-refractivity contribution in [2.45, 2.75) is 13.8 Å². The molecule has 162 valence electrons. The summed E-state index contributed by atoms with van der Waals surface area (Å²) in [6.07, 6.45) is 1.86. The molecule has 5 nitrogen and oxygen atoms in total. The van der Waals surface area contributed by atoms with Crippen LogP contribution in [0.3, 0.4) is 0 Å². The Hall–Kier alpha value is -3.51. The van der Waals surface area contributed by atoms with Crippen LogP contribution >= 0.6 is 11.8 Å². The number of ether oxygens (including phenoxy) is 2. The first kappa shape index (κ1) is 21.7. The first-order chi connectivity index (χ1) is 15.5. The smallest absolute Gasteiger partial charge is 0.271 e. The zero-order valence-electron chi connectivity index (χ0n) is 18.5. The van der Waals surface area contributed by atoms with Crippen LogP contribution in [-0.2, 0) is 4.79 Å². The Balaban J connectivity index is 1.78. The third-order valence-corrected chi connectivity index (χ3v) is 5.97. The van der Waals surface area contributed by atoms with Crippen molar-refractivity contribution in [3.63, 3.8) is 0 Å². The van der Waals surface area contributed by atoms with Gasteiger partial charge in [0.25, 0.3) is 5.91 Å². The molecule has 0 aliphatic carbocycles. The van der Waals surface area contributed by atoms with E-state index in [9.17, 15) is 4.79 Å². The highest BCUT2D eigenvalue weighted by Gasteiger charge is 2.34. The Morgan fingerprint density at radius 1 is 0.875 bits per heavy atom. The van der Waals surface area contributed by atoms with Crippen molar-refractivity contribution in [2.24, 2.45) is 4.99 Å². The van der Waals surface area contributed by atoms with Crippen molar-refractivity contribution in [1.82, 2.24) is 0 Å². The molecule has 0 spiro atoms. The summed E-state index contributed by atoms with van der Waals surface area (Å²) in [5.41, 5.74) is 4.64. The van der Waals surface area contributed by atoms with E-state index in [-0.39, 0.29) is 5.91 Å². The minimum atomic E-state index is -0.109. The standard InChI is InChI=1S/C26H24N2O3S/c1-17-7-5-9-20(13-17)27-26-28(21-10-6-8-18(2)14-21)25(29)24(32-26)16-19-11-12-22(30-3)23(15-19)31-4/h5-16H,1-4H3/b24-16-,27-26?. The van der Waals surface area contributed by atoms with E-state index in [1.807, 2.05) is 86.7 Å². The number of carbonyl (C=O) groups is 1. The van der Waals surface area contributed by atoms with E-state index in [2.05, 4.69) is 0 Å². The van der Waals surface area contributed by atoms with Crippen LogP contribution in [0, 0.1) is 13.8 Å². The number of anilines is 1. The SMILES string of the molecule is COc1ccc(/C=C2\SC(=Nc3cccc(C)c3)N(c3cccc(C)c3)C2=O)cc1OC. The molecule has 3 aromatic carbocycles. The summed E-state index contributed by atoms with van der Waals surface area (Å²) in [7, 11) is 3.19. The Labute approximate surface area is 192 Å². The van der Waals surface area contributed by atoms with Crippen molar-refractivity contribution < 1.29 is 14.3 Å². The highest BCUT2D eigenvalue weighted by Crippen LogP contribution is 2.38. The largest absolute Gasteiger partial charge is 0.493 e. The number of rotatable bonds is 5. The van der Waals surface area contributed by atoms with Crippen LogP contribution in [-0.4, -0.2) is 25.3 Å². The van der Waals surface area contributed by atoms with Crippen LogP contribution in [0.4, 0.5) is 11.4 Å². The van der Waals surface area contributed by atoms with Gasteiger partial charge in [-0.25, -0.2) is 4.99 Å². The van der Waals surface area contributed by atoms with E-state index < -0.39 is 0 Å². The van der Waals surface area contributed by atoms with Gasteiger partial charge in [-0.05, 0) is 84.8 Å². The number of nitrogens with zero attached hydrogens (tertiary/aromatic N) is 2. The van der Waals surface area contributed by atoms with Crippen molar-refractivity contribution in [2.75, 3.05) is 19.1 Å². The number of amidine groups is 1. The number of aliphatic imine (C=N–C) groups is 1. The van der Waals surface area contributed by atoms with Crippen LogP contribution in [0.15, 0.2) is 76.6 Å². The van der Waals surface area contributed by atoms with E-state index in [4.69, 9.17) is 14.5 Å². The van der Waals surface area contributed by atoms with Crippen molar-refractivity contribution in [1.29, 1.82) is 0 Å². The van der Waals surface area contributed by atoms with Gasteiger partial charge >= 0.3 is 0 Å². The number of thioether (sulfide) groups is 1. The van der Waals surface area contributed by atoms with Crippen molar-refractivity contribution in [3.8, 4) is 11.5 Å². The summed E-state index contributed by atoms with van der Waals surface area (Å²) in [5.74, 6) is 1.14. The van der Waals surface area contributed by atoms with Crippen molar-refractivity contribution in [3.05, 3.63) is 88.3 Å². The molecule has 3 aromatic rings. The highest BCUT2D eigenvalue weighted by atomic mass is 32.2. The topological polar surface area (TPSA) is 51.1 Å². The second kappa shape index (κ2) is 9.32. The second-order valence-corrected chi connectivity index (χ2v) is 8.45. The number of hydrogen-bond acceptors (Lipinski definition) is 5. The summed E-state index contributed by atoms with van der Waals surface area (Å²) in [6, 6.07) is 21.4. The first-order valence-corrected chi connectivity index (χ1v) is 11.0. The number of methoxy groups -OCH3 is 2. The average molecular weight is 445 g/mol. The lowest BCUT2D eigenvalue weighted by molar-refractivity contribution is -0.113. The van der Waals surface area contributed by atoms with Crippen LogP contribution in [0.5, 0.6) is 11.5 Å². The maximum atomic E-state index is 13.5. The monoisotopic (exact) mass is 444 g/mol. The summed E-state index contributed by atoms with van der Waals surface area (Å²) in [6.45, 7) is 4.03. The van der Waals surface area contributed by atoms with Gasteiger partial charge in [-0.15, -0.1) is 0 Å². The Kier molecular flexibility index (Phi) is 6.32. The number of benzene rings is 3. The van der Waals surface area contributed by atoms with Crippen molar-refractivity contribution >= 4 is 40.3 Å². The van der Waals surface area contributed by atoms with Crippen LogP contribution in [0.2, 0.25) is 0 Å². The molecular weight excluding hydrogens is 420 g/mol. The summed E-state index contributed by atoms with van der Waals surface area (Å²) < 4.78 is 10.7. The Morgan fingerprint density at radius 3 is 2.28 bits per heavy atom. The van der Waals surface area contributed by atoms with Gasteiger partial charge in [-0.1, -0.05) is 30.3 Å². The van der Waals surface area contributed by atoms with Gasteiger partial charge in [0, 0.05) is 0 Å². The predicted molar refractivity (Wildman–Crippen MR) is 132 cm³/mol. The highest BCUT2D eigenvalue weighted by molar-refractivity contribution is 8.19. The van der Waals surface area contributed by atoms with Crippen LogP contribution in [0.1, 0.15) is 16.7 Å². The molecular formula is C26H24N2O3S. The third kappa shape index (κ3) is 4.55. The lowest BCUT2D eigenvalue weighted by atomic mass is 10.1. The molecule has 32 heavy (non-hydrogen) atoms. The molecule has 0 bridgehead atoms. The minimum Gasteiger partial charge on any atom is -0.493 e. The fourth-order valence-electron chi connectivity index (χ4n) is 3.45. The maximum Gasteiger partial charge on any atom is 0.271 e. The molecule has 1 aliphatic heterocycles. The van der Waals surface area contributed by atoms with E-state index >= 15 is 0 Å². The molecule has 0 atom stereocenters. The third-order valence-electron chi connectivity index (χ3n) is 5.00. The van der Waals surface area contributed by atoms with Gasteiger partial charge < -0.3 is 9.47 Å². The first-order valence-electron chi connectivity index (χ1n) is 10.2. The molecule has 1 aliphatic rings. The predicted octanol–water partition coefficient (Wildman–Crippen LogP) is 6.13. The zero-order chi connectivity index (χ0) is 22.7. The average Bonchev–Trinajstić information content (AvgIpc) is 3.08. The Bertz CT molecular complexity index is 1230. The molecule has 0 aromatic heterocycles. The normalized spacial score (nSPS) is 16.1. The van der Waals surface area contributed by atoms with Gasteiger partial charge in [0.1, 0.15) is 0 Å². The number of aryl methyl sites for hydroxylation is 2. The summed E-state index contributed by atoms with van der Waals surface area (Å²) >= 11 is 1.36. The van der Waals surface area contributed by atoms with Crippen LogP contribution in [0.25, 0.3) is 6.08 Å². The Morgan fingerprint density at radius 2 is 1.59 bits per heavy atom. The molecule has 0 unspecified atom stereocenters. The van der Waals surface area contributed by atoms with Gasteiger partial charge in [0.15, 0.2) is 16.7 Å². The minimum absolute atomic E-state index is 0.109. The van der Waals surface area contributed by atoms with E-state index in [1.54, 1.807) is 19.1 Å². The molecule has 1 amide bonds. The van der Waals surface area contributed by atoms with E-state index in [0.29, 0.717) is 21.6 Å². The fraction of sp³-hybridized carbons (Fsp3) is 0.154. The maximum absolute atomic E-state index is 13.5. The fourth-order valence-corrected chi connectivity index (χ4v) is 4.45. The quantitative estimate of drug-likeness (QED) is 0.444. The molecule has 6 heteroatoms. The molecule has 0 radical (unpaired) electrons. The van der Waals surface area contributed by atoms with E-state index in [0.717, 1.165) is 28.1 Å². The van der Waals surface area contributed by atoms with Gasteiger partial charge in [0.2, 0.25) is 0 Å². The molecule has 0 N–H and O–H groups in total. The molecule has 1 heterocycles. The summed E-state index contributed by atoms with van der Waals surface area (Å²) in [4.78, 5) is 20.5. The molecule has 0 saturated carbocycles. The second-order valence-electron chi connectivity index (χ2n) is 7.44. The van der Waals surface area contributed by atoms with Gasteiger partial charge in [0.05, 0.1) is 30.5 Å². The van der Waals surface area contributed by atoms with Gasteiger partial charge in [-0.3, -0.25) is 9.69 Å². The van der Waals surface area contributed by atoms with E-state index in [1.165, 1.54) is 11.8 Å². The summed E-state index contributed by atoms with van der Waals surface area (Å²) in [5, 5.41) is 0.623. The lowest BCUT2D eigenvalue weighted by Crippen LogP contribution is -2.28. The number of carbonyl (C=O) groups excluding carboxylic acids is 1. The number of amides is 1.